The normalized spacial score (nSPS) is 12.7. The number of rotatable bonds is 2. The summed E-state index contributed by atoms with van der Waals surface area (Å²) in [5, 5.41) is 6.97. The zero-order valence-electron chi connectivity index (χ0n) is 11.4. The van der Waals surface area contributed by atoms with Crippen LogP contribution in [0.5, 0.6) is 0 Å². The van der Waals surface area contributed by atoms with Gasteiger partial charge in [-0.1, -0.05) is 0 Å². The highest BCUT2D eigenvalue weighted by atomic mass is 16.5. The van der Waals surface area contributed by atoms with Crippen LogP contribution in [0, 0.1) is 6.92 Å². The molecule has 3 N–H and O–H groups in total. The SMILES string of the molecule is CCOC(=O)c1[nH]nc2c1CCc1c(C)nc(N)nc1-2. The van der Waals surface area contributed by atoms with Gasteiger partial charge in [-0.25, -0.2) is 14.8 Å². The van der Waals surface area contributed by atoms with Gasteiger partial charge in [0.05, 0.1) is 12.3 Å². The first kappa shape index (κ1) is 12.6. The fraction of sp³-hybridized carbons (Fsp3) is 0.385. The minimum atomic E-state index is -0.386. The molecule has 0 fully saturated rings. The molecule has 2 aromatic heterocycles. The molecule has 0 saturated heterocycles. The molecule has 1 aliphatic carbocycles. The molecule has 1 aliphatic rings. The van der Waals surface area contributed by atoms with E-state index in [1.54, 1.807) is 6.92 Å². The second kappa shape index (κ2) is 4.59. The molecule has 0 atom stereocenters. The summed E-state index contributed by atoms with van der Waals surface area (Å²) < 4.78 is 5.02. The van der Waals surface area contributed by atoms with Crippen molar-refractivity contribution in [3.8, 4) is 11.4 Å². The first-order valence-corrected chi connectivity index (χ1v) is 6.49. The van der Waals surface area contributed by atoms with Crippen LogP contribution in [0.2, 0.25) is 0 Å². The van der Waals surface area contributed by atoms with Gasteiger partial charge in [-0.3, -0.25) is 5.10 Å². The number of aromatic nitrogens is 4. The fourth-order valence-electron chi connectivity index (χ4n) is 2.54. The van der Waals surface area contributed by atoms with E-state index in [9.17, 15) is 4.79 Å². The molecule has 2 heterocycles. The van der Waals surface area contributed by atoms with Crippen molar-refractivity contribution in [3.63, 3.8) is 0 Å². The van der Waals surface area contributed by atoms with Crippen LogP contribution in [0.1, 0.15) is 34.2 Å². The number of aromatic amines is 1. The van der Waals surface area contributed by atoms with Gasteiger partial charge in [-0.05, 0) is 26.7 Å². The van der Waals surface area contributed by atoms with Crippen LogP contribution in [0.25, 0.3) is 11.4 Å². The maximum Gasteiger partial charge on any atom is 0.356 e. The summed E-state index contributed by atoms with van der Waals surface area (Å²) in [6.45, 7) is 4.01. The summed E-state index contributed by atoms with van der Waals surface area (Å²) in [6.07, 6.45) is 1.47. The highest BCUT2D eigenvalue weighted by molar-refractivity contribution is 5.91. The van der Waals surface area contributed by atoms with Gasteiger partial charge in [0.1, 0.15) is 11.4 Å². The Morgan fingerprint density at radius 2 is 2.05 bits per heavy atom. The molecule has 20 heavy (non-hydrogen) atoms. The summed E-state index contributed by atoms with van der Waals surface area (Å²) in [4.78, 5) is 20.3. The molecule has 0 aliphatic heterocycles. The summed E-state index contributed by atoms with van der Waals surface area (Å²) in [6, 6.07) is 0. The molecule has 3 rings (SSSR count). The van der Waals surface area contributed by atoms with Crippen molar-refractivity contribution in [2.24, 2.45) is 0 Å². The maximum absolute atomic E-state index is 11.9. The van der Waals surface area contributed by atoms with E-state index in [1.807, 2.05) is 6.92 Å². The summed E-state index contributed by atoms with van der Waals surface area (Å²) in [5.74, 6) is -0.168. The molecule has 104 valence electrons. The van der Waals surface area contributed by atoms with Gasteiger partial charge in [-0.15, -0.1) is 0 Å². The van der Waals surface area contributed by atoms with Crippen LogP contribution in [0.3, 0.4) is 0 Å². The van der Waals surface area contributed by atoms with E-state index in [0.29, 0.717) is 30.1 Å². The molecule has 0 unspecified atom stereocenters. The first-order chi connectivity index (χ1) is 9.61. The molecule has 0 aromatic carbocycles. The van der Waals surface area contributed by atoms with Crippen molar-refractivity contribution >= 4 is 11.9 Å². The number of esters is 1. The predicted octanol–water partition coefficient (Wildman–Crippen LogP) is 1.03. The third kappa shape index (κ3) is 1.82. The maximum atomic E-state index is 11.9. The van der Waals surface area contributed by atoms with Crippen molar-refractivity contribution in [3.05, 3.63) is 22.5 Å². The largest absolute Gasteiger partial charge is 0.461 e. The highest BCUT2D eigenvalue weighted by Crippen LogP contribution is 2.33. The smallest absolute Gasteiger partial charge is 0.356 e. The topological polar surface area (TPSA) is 107 Å². The number of nitrogens with zero attached hydrogens (tertiary/aromatic N) is 3. The molecule has 0 amide bonds. The van der Waals surface area contributed by atoms with Crippen LogP contribution in [-0.4, -0.2) is 32.7 Å². The first-order valence-electron chi connectivity index (χ1n) is 6.49. The van der Waals surface area contributed by atoms with E-state index in [1.165, 1.54) is 0 Å². The van der Waals surface area contributed by atoms with Crippen molar-refractivity contribution in [2.45, 2.75) is 26.7 Å². The van der Waals surface area contributed by atoms with Gasteiger partial charge in [-0.2, -0.15) is 5.10 Å². The number of carbonyl (C=O) groups excluding carboxylic acids is 1. The monoisotopic (exact) mass is 273 g/mol. The Hall–Kier alpha value is -2.44. The van der Waals surface area contributed by atoms with Crippen molar-refractivity contribution in [2.75, 3.05) is 12.3 Å². The van der Waals surface area contributed by atoms with Gasteiger partial charge < -0.3 is 10.5 Å². The lowest BCUT2D eigenvalue weighted by molar-refractivity contribution is 0.0518. The number of anilines is 1. The second-order valence-corrected chi connectivity index (χ2v) is 4.64. The van der Waals surface area contributed by atoms with Gasteiger partial charge in [0.25, 0.3) is 0 Å². The zero-order valence-corrected chi connectivity index (χ0v) is 11.4. The lowest BCUT2D eigenvalue weighted by atomic mass is 9.91. The van der Waals surface area contributed by atoms with Crippen molar-refractivity contribution in [1.29, 1.82) is 0 Å². The molecular formula is C13H15N5O2. The number of nitrogen functional groups attached to an aromatic ring is 1. The number of carbonyl (C=O) groups is 1. The highest BCUT2D eigenvalue weighted by Gasteiger charge is 2.28. The number of H-pyrrole nitrogens is 1. The van der Waals surface area contributed by atoms with Crippen LogP contribution >= 0.6 is 0 Å². The van der Waals surface area contributed by atoms with E-state index >= 15 is 0 Å². The van der Waals surface area contributed by atoms with Crippen LogP contribution in [0.4, 0.5) is 5.95 Å². The average Bonchev–Trinajstić information content (AvgIpc) is 2.83. The molecule has 0 radical (unpaired) electrons. The lowest BCUT2D eigenvalue weighted by Crippen LogP contribution is -2.13. The van der Waals surface area contributed by atoms with Gasteiger partial charge in [0, 0.05) is 16.8 Å². The van der Waals surface area contributed by atoms with Crippen LogP contribution in [-0.2, 0) is 17.6 Å². The standard InChI is InChI=1S/C13H15N5O2/c1-3-20-12(19)11-8-5-4-7-6(2)15-13(14)16-9(7)10(8)17-18-11/h3-5H2,1-2H3,(H,17,18)(H2,14,15,16). The molecule has 0 saturated carbocycles. The second-order valence-electron chi connectivity index (χ2n) is 4.64. The molecule has 7 heteroatoms. The number of aryl methyl sites for hydroxylation is 1. The van der Waals surface area contributed by atoms with Crippen LogP contribution in [0.15, 0.2) is 0 Å². The minimum absolute atomic E-state index is 0.217. The lowest BCUT2D eigenvalue weighted by Gasteiger charge is -2.16. The minimum Gasteiger partial charge on any atom is -0.461 e. The molecule has 0 spiro atoms. The van der Waals surface area contributed by atoms with Crippen molar-refractivity contribution < 1.29 is 9.53 Å². The number of hydrogen-bond donors (Lipinski definition) is 2. The number of hydrogen-bond acceptors (Lipinski definition) is 6. The Morgan fingerprint density at radius 3 is 2.80 bits per heavy atom. The van der Waals surface area contributed by atoms with Crippen molar-refractivity contribution in [1.82, 2.24) is 20.2 Å². The molecule has 7 nitrogen and oxygen atoms in total. The Labute approximate surface area is 115 Å². The van der Waals surface area contributed by atoms with E-state index in [2.05, 4.69) is 20.2 Å². The zero-order chi connectivity index (χ0) is 14.3. The fourth-order valence-corrected chi connectivity index (χ4v) is 2.54. The summed E-state index contributed by atoms with van der Waals surface area (Å²) >= 11 is 0. The van der Waals surface area contributed by atoms with E-state index < -0.39 is 0 Å². The molecule has 0 bridgehead atoms. The number of nitrogens with one attached hydrogen (secondary N) is 1. The average molecular weight is 273 g/mol. The predicted molar refractivity (Wildman–Crippen MR) is 72.1 cm³/mol. The summed E-state index contributed by atoms with van der Waals surface area (Å²) in [5.41, 5.74) is 10.2. The number of ether oxygens (including phenoxy) is 1. The quantitative estimate of drug-likeness (QED) is 0.791. The summed E-state index contributed by atoms with van der Waals surface area (Å²) in [7, 11) is 0. The van der Waals surface area contributed by atoms with E-state index in [4.69, 9.17) is 10.5 Å². The Morgan fingerprint density at radius 1 is 1.30 bits per heavy atom. The van der Waals surface area contributed by atoms with Gasteiger partial charge in [0.2, 0.25) is 5.95 Å². The third-order valence-electron chi connectivity index (χ3n) is 3.43. The van der Waals surface area contributed by atoms with E-state index in [-0.39, 0.29) is 11.9 Å². The molecule has 2 aromatic rings. The third-order valence-corrected chi connectivity index (χ3v) is 3.43. The number of fused-ring (bicyclic) bond motifs is 3. The van der Waals surface area contributed by atoms with Crippen LogP contribution < -0.4 is 5.73 Å². The Balaban J connectivity index is 2.12. The number of nitrogens with two attached hydrogens (primary N) is 1. The Bertz CT molecular complexity index is 692. The van der Waals surface area contributed by atoms with Gasteiger partial charge >= 0.3 is 5.97 Å². The Kier molecular flexibility index (Phi) is 2.89. The molecular weight excluding hydrogens is 258 g/mol. The van der Waals surface area contributed by atoms with Gasteiger partial charge in [0.15, 0.2) is 0 Å². The van der Waals surface area contributed by atoms with E-state index in [0.717, 1.165) is 23.2 Å².